The highest BCUT2D eigenvalue weighted by Crippen LogP contribution is 2.51. The molecule has 5 rings (SSSR count). The maximum Gasteiger partial charge on any atom is 0.343 e. The number of halogens is 1. The summed E-state index contributed by atoms with van der Waals surface area (Å²) in [6.07, 6.45) is 3.81. The Labute approximate surface area is 215 Å². The smallest absolute Gasteiger partial charge is 0.343 e. The Hall–Kier alpha value is -2.55. The van der Waals surface area contributed by atoms with Crippen molar-refractivity contribution in [2.24, 2.45) is 5.92 Å². The second-order valence-electron chi connectivity index (χ2n) is 9.45. The third-order valence-electron chi connectivity index (χ3n) is 6.96. The Kier molecular flexibility index (Phi) is 7.55. The molecule has 36 heavy (non-hydrogen) atoms. The fraction of sp³-hybridized carbons (Fsp3) is 0.556. The van der Waals surface area contributed by atoms with Crippen LogP contribution in [0.4, 0.5) is 0 Å². The minimum absolute atomic E-state index is 0.0330. The van der Waals surface area contributed by atoms with Crippen molar-refractivity contribution in [1.29, 1.82) is 0 Å². The van der Waals surface area contributed by atoms with Crippen molar-refractivity contribution >= 4 is 17.6 Å². The lowest BCUT2D eigenvalue weighted by Gasteiger charge is -2.37. The van der Waals surface area contributed by atoms with E-state index >= 15 is 0 Å². The Morgan fingerprint density at radius 2 is 1.92 bits per heavy atom. The fourth-order valence-corrected chi connectivity index (χ4v) is 5.29. The monoisotopic (exact) mass is 517 g/mol. The third-order valence-corrected chi connectivity index (χ3v) is 7.26. The quantitative estimate of drug-likeness (QED) is 0.343. The largest absolute Gasteiger partial charge is 0.492 e. The number of nitrogens with zero attached hydrogens (tertiary/aromatic N) is 1. The first-order chi connectivity index (χ1) is 17.5. The molecule has 1 atom stereocenters. The molecule has 0 spiro atoms. The van der Waals surface area contributed by atoms with Crippen LogP contribution in [-0.2, 0) is 14.2 Å². The van der Waals surface area contributed by atoms with Gasteiger partial charge in [0.25, 0.3) is 5.56 Å². The van der Waals surface area contributed by atoms with E-state index in [0.717, 1.165) is 48.9 Å². The number of pyridine rings is 1. The molecule has 1 aromatic heterocycles. The predicted molar refractivity (Wildman–Crippen MR) is 134 cm³/mol. The van der Waals surface area contributed by atoms with Crippen LogP contribution >= 0.6 is 11.6 Å². The number of carbonyl (C=O) groups is 1. The van der Waals surface area contributed by atoms with Crippen molar-refractivity contribution in [2.75, 3.05) is 40.1 Å². The van der Waals surface area contributed by atoms with Gasteiger partial charge in [-0.05, 0) is 44.7 Å². The van der Waals surface area contributed by atoms with Crippen LogP contribution in [0.2, 0.25) is 5.02 Å². The van der Waals surface area contributed by atoms with E-state index in [2.05, 4.69) is 0 Å². The molecule has 9 heteroatoms. The van der Waals surface area contributed by atoms with Crippen LogP contribution in [0.5, 0.6) is 11.5 Å². The molecule has 1 saturated carbocycles. The number of ether oxygens (including phenoxy) is 5. The van der Waals surface area contributed by atoms with Crippen molar-refractivity contribution in [3.8, 4) is 22.8 Å². The first-order valence-electron chi connectivity index (χ1n) is 12.7. The van der Waals surface area contributed by atoms with Gasteiger partial charge in [0.15, 0.2) is 0 Å². The van der Waals surface area contributed by atoms with Gasteiger partial charge in [0.05, 0.1) is 23.9 Å². The number of benzene rings is 1. The Morgan fingerprint density at radius 3 is 2.61 bits per heavy atom. The fourth-order valence-electron chi connectivity index (χ4n) is 5.08. The zero-order valence-electron chi connectivity index (χ0n) is 20.7. The summed E-state index contributed by atoms with van der Waals surface area (Å²) in [4.78, 5) is 26.4. The molecule has 1 aliphatic carbocycles. The van der Waals surface area contributed by atoms with Crippen molar-refractivity contribution in [3.63, 3.8) is 0 Å². The van der Waals surface area contributed by atoms with E-state index in [1.165, 1.54) is 0 Å². The molecule has 8 nitrogen and oxygen atoms in total. The molecule has 3 aliphatic rings. The number of esters is 1. The van der Waals surface area contributed by atoms with Gasteiger partial charge in [0, 0.05) is 62.5 Å². The van der Waals surface area contributed by atoms with Crippen LogP contribution in [0.25, 0.3) is 11.3 Å². The molecule has 194 valence electrons. The molecule has 0 bridgehead atoms. The summed E-state index contributed by atoms with van der Waals surface area (Å²) < 4.78 is 30.3. The van der Waals surface area contributed by atoms with Gasteiger partial charge in [0.2, 0.25) is 0 Å². The van der Waals surface area contributed by atoms with Gasteiger partial charge < -0.3 is 28.3 Å². The lowest BCUT2D eigenvalue weighted by Crippen LogP contribution is -2.34. The van der Waals surface area contributed by atoms with Gasteiger partial charge in [-0.25, -0.2) is 4.79 Å². The van der Waals surface area contributed by atoms with Crippen LogP contribution in [0.1, 0.15) is 67.1 Å². The van der Waals surface area contributed by atoms with Crippen LogP contribution in [0, 0.1) is 5.92 Å². The van der Waals surface area contributed by atoms with E-state index in [-0.39, 0.29) is 35.8 Å². The van der Waals surface area contributed by atoms with E-state index in [1.807, 2.05) is 12.1 Å². The summed E-state index contributed by atoms with van der Waals surface area (Å²) in [6, 6.07) is 5.34. The second kappa shape index (κ2) is 10.8. The summed E-state index contributed by atoms with van der Waals surface area (Å²) in [7, 11) is 1.65. The molecule has 1 saturated heterocycles. The lowest BCUT2D eigenvalue weighted by molar-refractivity contribution is 0.0158. The molecule has 0 radical (unpaired) electrons. The highest BCUT2D eigenvalue weighted by Gasteiger charge is 2.40. The first kappa shape index (κ1) is 25.1. The molecule has 2 aliphatic heterocycles. The number of rotatable bonds is 9. The number of hydrogen-bond acceptors (Lipinski definition) is 7. The molecule has 1 aromatic carbocycles. The second-order valence-corrected chi connectivity index (χ2v) is 9.86. The van der Waals surface area contributed by atoms with E-state index in [9.17, 15) is 9.59 Å². The zero-order chi connectivity index (χ0) is 25.2. The standard InChI is InChI=1S/C27H32ClNO7/c1-3-34-27(31)20-13-19-24(29(26(20)30)17-5-6-17)18-14-21(28)23(35-10-4-9-32-2)15-22(18)36-25(19)16-7-11-33-12-8-16/h13-17,25H,3-12H2,1-2H3. The first-order valence-corrected chi connectivity index (χ1v) is 13.1. The minimum atomic E-state index is -0.603. The topological polar surface area (TPSA) is 85.2 Å². The summed E-state index contributed by atoms with van der Waals surface area (Å²) >= 11 is 6.65. The average Bonchev–Trinajstić information content (AvgIpc) is 3.72. The molecule has 0 amide bonds. The number of methoxy groups -OCH3 is 1. The molecule has 0 N–H and O–H groups in total. The highest BCUT2D eigenvalue weighted by molar-refractivity contribution is 6.32. The van der Waals surface area contributed by atoms with Crippen molar-refractivity contribution in [3.05, 3.63) is 44.7 Å². The van der Waals surface area contributed by atoms with Gasteiger partial charge >= 0.3 is 5.97 Å². The molecular formula is C27H32ClNO7. The van der Waals surface area contributed by atoms with Gasteiger partial charge in [0.1, 0.15) is 23.2 Å². The average molecular weight is 518 g/mol. The van der Waals surface area contributed by atoms with Crippen molar-refractivity contribution in [2.45, 2.75) is 51.2 Å². The number of fused-ring (bicyclic) bond motifs is 3. The molecular weight excluding hydrogens is 486 g/mol. The number of aromatic nitrogens is 1. The predicted octanol–water partition coefficient (Wildman–Crippen LogP) is 4.96. The number of hydrogen-bond donors (Lipinski definition) is 0. The Bertz CT molecular complexity index is 1180. The van der Waals surface area contributed by atoms with Crippen molar-refractivity contribution in [1.82, 2.24) is 4.57 Å². The van der Waals surface area contributed by atoms with Crippen LogP contribution in [-0.4, -0.2) is 50.7 Å². The molecule has 2 aromatic rings. The van der Waals surface area contributed by atoms with E-state index in [0.29, 0.717) is 42.9 Å². The van der Waals surface area contributed by atoms with Crippen molar-refractivity contribution < 1.29 is 28.5 Å². The van der Waals surface area contributed by atoms with E-state index in [1.54, 1.807) is 24.7 Å². The van der Waals surface area contributed by atoms with Crippen LogP contribution in [0.3, 0.4) is 0 Å². The molecule has 2 fully saturated rings. The Balaban J connectivity index is 1.65. The summed E-state index contributed by atoms with van der Waals surface area (Å²) in [5.74, 6) is 0.730. The molecule has 1 unspecified atom stereocenters. The number of carbonyl (C=O) groups excluding carboxylic acids is 1. The summed E-state index contributed by atoms with van der Waals surface area (Å²) in [5, 5.41) is 0.439. The summed E-state index contributed by atoms with van der Waals surface area (Å²) in [5.41, 5.74) is 2.07. The SMILES string of the molecule is CCOC(=O)c1cc2c(n(C3CC3)c1=O)-c1cc(Cl)c(OCCCOC)cc1OC2C1CCOCC1. The lowest BCUT2D eigenvalue weighted by atomic mass is 9.84. The summed E-state index contributed by atoms with van der Waals surface area (Å²) in [6.45, 7) is 4.28. The van der Waals surface area contributed by atoms with Gasteiger partial charge in [-0.15, -0.1) is 0 Å². The van der Waals surface area contributed by atoms with Gasteiger partial charge in [-0.2, -0.15) is 0 Å². The van der Waals surface area contributed by atoms with Crippen LogP contribution in [0.15, 0.2) is 23.0 Å². The Morgan fingerprint density at radius 1 is 1.14 bits per heavy atom. The maximum atomic E-state index is 13.6. The highest BCUT2D eigenvalue weighted by atomic mass is 35.5. The normalized spacial score (nSPS) is 19.2. The maximum absolute atomic E-state index is 13.6. The van der Waals surface area contributed by atoms with E-state index in [4.69, 9.17) is 35.3 Å². The minimum Gasteiger partial charge on any atom is -0.492 e. The van der Waals surface area contributed by atoms with Gasteiger partial charge in [-0.3, -0.25) is 4.79 Å². The van der Waals surface area contributed by atoms with Crippen LogP contribution < -0.4 is 15.0 Å². The van der Waals surface area contributed by atoms with E-state index < -0.39 is 5.97 Å². The van der Waals surface area contributed by atoms with Gasteiger partial charge in [-0.1, -0.05) is 11.6 Å². The third kappa shape index (κ3) is 4.86. The zero-order valence-corrected chi connectivity index (χ0v) is 21.5. The molecule has 3 heterocycles.